The molecule has 0 rings (SSSR count). The van der Waals surface area contributed by atoms with Crippen LogP contribution in [0.15, 0.2) is 0 Å². The third kappa shape index (κ3) is 5.19. The van der Waals surface area contributed by atoms with Crippen molar-refractivity contribution in [1.29, 1.82) is 0 Å². The van der Waals surface area contributed by atoms with Gasteiger partial charge in [0.1, 0.15) is 0 Å². The predicted molar refractivity (Wildman–Crippen MR) is 54.6 cm³/mol. The Morgan fingerprint density at radius 3 is 2.07 bits per heavy atom. The first kappa shape index (κ1) is 13.4. The van der Waals surface area contributed by atoms with Gasteiger partial charge in [-0.05, 0) is 34.6 Å². The summed E-state index contributed by atoms with van der Waals surface area (Å²) in [4.78, 5) is 16.6. The fourth-order valence-corrected chi connectivity index (χ4v) is 0.781. The summed E-state index contributed by atoms with van der Waals surface area (Å²) < 4.78 is 4.66. The molecule has 0 aromatic heterocycles. The van der Waals surface area contributed by atoms with Crippen LogP contribution in [-0.2, 0) is 14.4 Å². The molecule has 0 aliphatic carbocycles. The number of carbonyl (C=O) groups excluding carboxylic acids is 1. The molecule has 0 bridgehead atoms. The van der Waals surface area contributed by atoms with Crippen molar-refractivity contribution in [1.82, 2.24) is 5.48 Å². The number of nitrogens with one attached hydrogen (secondary N) is 1. The first-order chi connectivity index (χ1) is 6.19. The molecule has 4 nitrogen and oxygen atoms in total. The molecule has 0 fully saturated rings. The van der Waals surface area contributed by atoms with E-state index in [1.54, 1.807) is 13.8 Å². The van der Waals surface area contributed by atoms with Crippen LogP contribution in [0.5, 0.6) is 0 Å². The van der Waals surface area contributed by atoms with Gasteiger partial charge >= 0.3 is 5.97 Å². The molecule has 0 aliphatic heterocycles. The normalized spacial score (nSPS) is 12.7. The van der Waals surface area contributed by atoms with E-state index < -0.39 is 5.41 Å². The van der Waals surface area contributed by atoms with E-state index in [1.165, 1.54) is 7.11 Å². The number of esters is 1. The molecule has 84 valence electrons. The van der Waals surface area contributed by atoms with Gasteiger partial charge in [-0.2, -0.15) is 0 Å². The van der Waals surface area contributed by atoms with Crippen molar-refractivity contribution in [2.75, 3.05) is 13.7 Å². The molecule has 0 saturated heterocycles. The van der Waals surface area contributed by atoms with E-state index >= 15 is 0 Å². The van der Waals surface area contributed by atoms with Gasteiger partial charge in [-0.25, -0.2) is 5.48 Å². The zero-order valence-corrected chi connectivity index (χ0v) is 9.93. The summed E-state index contributed by atoms with van der Waals surface area (Å²) in [7, 11) is 1.38. The minimum Gasteiger partial charge on any atom is -0.469 e. The number of methoxy groups -OCH3 is 1. The fraction of sp³-hybridized carbons (Fsp3) is 0.900. The number of hydrogen-bond donors (Lipinski definition) is 1. The third-order valence-corrected chi connectivity index (χ3v) is 1.63. The number of carbonyl (C=O) groups is 1. The number of rotatable bonds is 4. The highest BCUT2D eigenvalue weighted by atomic mass is 16.7. The van der Waals surface area contributed by atoms with Gasteiger partial charge < -0.3 is 4.74 Å². The second-order valence-electron chi connectivity index (χ2n) is 4.91. The molecule has 0 aliphatic rings. The van der Waals surface area contributed by atoms with Crippen LogP contribution >= 0.6 is 0 Å². The SMILES string of the molecule is COC(=O)C(C)(C)CNOC(C)(C)C. The second kappa shape index (κ2) is 4.75. The van der Waals surface area contributed by atoms with Gasteiger partial charge in [-0.15, -0.1) is 0 Å². The smallest absolute Gasteiger partial charge is 0.312 e. The van der Waals surface area contributed by atoms with Crippen LogP contribution in [0.25, 0.3) is 0 Å². The lowest BCUT2D eigenvalue weighted by Crippen LogP contribution is -2.40. The molecule has 0 aromatic rings. The lowest BCUT2D eigenvalue weighted by Gasteiger charge is -2.25. The van der Waals surface area contributed by atoms with Gasteiger partial charge in [-0.1, -0.05) is 0 Å². The van der Waals surface area contributed by atoms with Crippen LogP contribution in [0.4, 0.5) is 0 Å². The number of hydrogen-bond acceptors (Lipinski definition) is 4. The number of ether oxygens (including phenoxy) is 1. The Morgan fingerprint density at radius 2 is 1.71 bits per heavy atom. The minimum absolute atomic E-state index is 0.248. The van der Waals surface area contributed by atoms with Crippen molar-refractivity contribution in [3.8, 4) is 0 Å². The van der Waals surface area contributed by atoms with Crippen LogP contribution in [0.2, 0.25) is 0 Å². The molecular weight excluding hydrogens is 182 g/mol. The van der Waals surface area contributed by atoms with Gasteiger partial charge in [0, 0.05) is 6.54 Å². The summed E-state index contributed by atoms with van der Waals surface area (Å²) in [5.41, 5.74) is 1.95. The minimum atomic E-state index is -0.569. The molecule has 1 N–H and O–H groups in total. The molecule has 0 amide bonds. The van der Waals surface area contributed by atoms with Gasteiger partial charge in [-0.3, -0.25) is 9.63 Å². The van der Waals surface area contributed by atoms with E-state index in [2.05, 4.69) is 10.2 Å². The Balaban J connectivity index is 3.94. The predicted octanol–water partition coefficient (Wildman–Crippen LogP) is 1.51. The van der Waals surface area contributed by atoms with Crippen molar-refractivity contribution in [2.24, 2.45) is 5.41 Å². The molecule has 0 heterocycles. The van der Waals surface area contributed by atoms with E-state index in [9.17, 15) is 4.79 Å². The highest BCUT2D eigenvalue weighted by Crippen LogP contribution is 2.16. The van der Waals surface area contributed by atoms with Crippen molar-refractivity contribution >= 4 is 5.97 Å². The maximum atomic E-state index is 11.3. The summed E-state index contributed by atoms with van der Waals surface area (Å²) in [6.07, 6.45) is 0. The van der Waals surface area contributed by atoms with Crippen molar-refractivity contribution < 1.29 is 14.4 Å². The van der Waals surface area contributed by atoms with Crippen molar-refractivity contribution in [3.63, 3.8) is 0 Å². The van der Waals surface area contributed by atoms with E-state index in [1.807, 2.05) is 20.8 Å². The summed E-state index contributed by atoms with van der Waals surface area (Å²) in [5, 5.41) is 0. The van der Waals surface area contributed by atoms with Crippen LogP contribution in [0.1, 0.15) is 34.6 Å². The van der Waals surface area contributed by atoms with Crippen LogP contribution < -0.4 is 5.48 Å². The Hall–Kier alpha value is -0.610. The van der Waals surface area contributed by atoms with E-state index in [0.717, 1.165) is 0 Å². The van der Waals surface area contributed by atoms with Crippen LogP contribution in [0, 0.1) is 5.41 Å². The van der Waals surface area contributed by atoms with Gasteiger partial charge in [0.2, 0.25) is 0 Å². The van der Waals surface area contributed by atoms with Crippen molar-refractivity contribution in [3.05, 3.63) is 0 Å². The largest absolute Gasteiger partial charge is 0.469 e. The van der Waals surface area contributed by atoms with Crippen molar-refractivity contribution in [2.45, 2.75) is 40.2 Å². The molecule has 0 aromatic carbocycles. The zero-order chi connectivity index (χ0) is 11.4. The third-order valence-electron chi connectivity index (χ3n) is 1.63. The fourth-order valence-electron chi connectivity index (χ4n) is 0.781. The Morgan fingerprint density at radius 1 is 1.21 bits per heavy atom. The van der Waals surface area contributed by atoms with Crippen LogP contribution in [-0.4, -0.2) is 25.2 Å². The zero-order valence-electron chi connectivity index (χ0n) is 9.93. The van der Waals surface area contributed by atoms with Crippen LogP contribution in [0.3, 0.4) is 0 Å². The molecular formula is C10H21NO3. The van der Waals surface area contributed by atoms with E-state index in [4.69, 9.17) is 4.84 Å². The Kier molecular flexibility index (Phi) is 4.55. The summed E-state index contributed by atoms with van der Waals surface area (Å²) in [6, 6.07) is 0. The summed E-state index contributed by atoms with van der Waals surface area (Å²) >= 11 is 0. The average molecular weight is 203 g/mol. The topological polar surface area (TPSA) is 47.6 Å². The highest BCUT2D eigenvalue weighted by Gasteiger charge is 2.29. The van der Waals surface area contributed by atoms with E-state index in [-0.39, 0.29) is 11.6 Å². The van der Waals surface area contributed by atoms with E-state index in [0.29, 0.717) is 6.54 Å². The molecule has 14 heavy (non-hydrogen) atoms. The molecule has 0 saturated carbocycles. The lowest BCUT2D eigenvalue weighted by molar-refractivity contribution is -0.154. The molecule has 0 atom stereocenters. The molecule has 0 radical (unpaired) electrons. The molecule has 4 heteroatoms. The standard InChI is InChI=1S/C10H21NO3/c1-9(2,3)14-11-7-10(4,5)8(12)13-6/h11H,7H2,1-6H3. The summed E-state index contributed by atoms with van der Waals surface area (Å²) in [6.45, 7) is 9.84. The maximum Gasteiger partial charge on any atom is 0.312 e. The second-order valence-corrected chi connectivity index (χ2v) is 4.91. The Bertz CT molecular complexity index is 194. The monoisotopic (exact) mass is 203 g/mol. The first-order valence-corrected chi connectivity index (χ1v) is 4.68. The highest BCUT2D eigenvalue weighted by molar-refractivity contribution is 5.75. The quantitative estimate of drug-likeness (QED) is 0.555. The van der Waals surface area contributed by atoms with Gasteiger partial charge in [0.25, 0.3) is 0 Å². The molecule has 0 unspecified atom stereocenters. The molecule has 0 spiro atoms. The van der Waals surface area contributed by atoms with Gasteiger partial charge in [0.05, 0.1) is 18.1 Å². The average Bonchev–Trinajstić information content (AvgIpc) is 2.00. The van der Waals surface area contributed by atoms with Gasteiger partial charge in [0.15, 0.2) is 0 Å². The first-order valence-electron chi connectivity index (χ1n) is 4.68. The lowest BCUT2D eigenvalue weighted by atomic mass is 9.94. The summed E-state index contributed by atoms with van der Waals surface area (Å²) in [5.74, 6) is -0.248. The number of hydroxylamine groups is 1. The Labute approximate surface area is 85.9 Å². The maximum absolute atomic E-state index is 11.3.